The number of hydrogen-bond acceptors (Lipinski definition) is 13. The van der Waals surface area contributed by atoms with E-state index in [0.717, 1.165) is 0 Å². The van der Waals surface area contributed by atoms with Gasteiger partial charge in [0.15, 0.2) is 17.0 Å². The van der Waals surface area contributed by atoms with E-state index in [9.17, 15) is 23.7 Å². The summed E-state index contributed by atoms with van der Waals surface area (Å²) in [5.74, 6) is -1.21. The molecular formula is C24H29FN10O9P2S. The summed E-state index contributed by atoms with van der Waals surface area (Å²) in [6.07, 6.45) is 3.69. The molecule has 2 fully saturated rings. The third-order valence-electron chi connectivity index (χ3n) is 8.66. The molecule has 9 atom stereocenters. The van der Waals surface area contributed by atoms with Crippen LogP contribution < -0.4 is 11.3 Å². The van der Waals surface area contributed by atoms with Gasteiger partial charge in [0.1, 0.15) is 36.0 Å². The van der Waals surface area contributed by atoms with Crippen LogP contribution >= 0.6 is 26.9 Å². The topological polar surface area (TPSA) is 249 Å². The minimum absolute atomic E-state index is 0.100. The summed E-state index contributed by atoms with van der Waals surface area (Å²) in [6.45, 7) is -3.64. The Morgan fingerprint density at radius 3 is 2.62 bits per heavy atom. The zero-order valence-electron chi connectivity index (χ0n) is 24.4. The average molecular weight is 715 g/mol. The van der Waals surface area contributed by atoms with Gasteiger partial charge in [-0.1, -0.05) is 19.2 Å². The smallest absolute Gasteiger partial charge is 0.382 e. The molecule has 7 rings (SSSR count). The molecule has 23 heteroatoms. The molecular weight excluding hydrogens is 685 g/mol. The lowest BCUT2D eigenvalue weighted by molar-refractivity contribution is -0.0419. The molecule has 19 nitrogen and oxygen atoms in total. The predicted octanol–water partition coefficient (Wildman–Crippen LogP) is 2.02. The van der Waals surface area contributed by atoms with Gasteiger partial charge in [0.05, 0.1) is 32.5 Å². The van der Waals surface area contributed by atoms with Crippen molar-refractivity contribution < 1.29 is 41.6 Å². The number of aromatic amines is 1. The van der Waals surface area contributed by atoms with Gasteiger partial charge in [-0.3, -0.25) is 18.4 Å². The van der Waals surface area contributed by atoms with Gasteiger partial charge in [0.2, 0.25) is 5.78 Å². The van der Waals surface area contributed by atoms with E-state index < -0.39 is 57.1 Å². The van der Waals surface area contributed by atoms with Crippen LogP contribution in [-0.4, -0.2) is 85.3 Å². The van der Waals surface area contributed by atoms with Crippen LogP contribution in [0.25, 0.3) is 28.1 Å². The molecule has 252 valence electrons. The zero-order chi connectivity index (χ0) is 33.2. The van der Waals surface area contributed by atoms with Gasteiger partial charge in [0, 0.05) is 30.3 Å². The molecule has 5 aromatic heterocycles. The number of phosphoric acid groups is 1. The minimum Gasteiger partial charge on any atom is -0.382 e. The Morgan fingerprint density at radius 1 is 1.09 bits per heavy atom. The van der Waals surface area contributed by atoms with Crippen LogP contribution in [0, 0.1) is 17.8 Å². The zero-order valence-corrected chi connectivity index (χ0v) is 27.1. The number of imidazole rings is 3. The number of nitrogens with two attached hydrogens (primary N) is 1. The molecule has 1 saturated heterocycles. The number of nitrogen functional groups attached to an aromatic ring is 1. The first-order valence-corrected chi connectivity index (χ1v) is 18.5. The molecule has 1 aliphatic carbocycles. The number of fused-ring (bicyclic) bond motifs is 3. The fourth-order valence-corrected chi connectivity index (χ4v) is 7.52. The molecule has 1 aliphatic heterocycles. The lowest BCUT2D eigenvalue weighted by atomic mass is 9.70. The lowest BCUT2D eigenvalue weighted by Crippen LogP contribution is -2.43. The third kappa shape index (κ3) is 6.00. The van der Waals surface area contributed by atoms with Crippen LogP contribution in [0.1, 0.15) is 25.6 Å². The van der Waals surface area contributed by atoms with Crippen LogP contribution in [0.4, 0.5) is 10.2 Å². The number of alkyl halides is 1. The Hall–Kier alpha value is -3.26. The van der Waals surface area contributed by atoms with E-state index in [1.54, 1.807) is 11.5 Å². The summed E-state index contributed by atoms with van der Waals surface area (Å²) >= 11 is 3.55. The van der Waals surface area contributed by atoms with E-state index in [4.69, 9.17) is 24.0 Å². The predicted molar refractivity (Wildman–Crippen MR) is 164 cm³/mol. The van der Waals surface area contributed by atoms with Crippen molar-refractivity contribution in [3.8, 4) is 0 Å². The number of ether oxygens (including phenoxy) is 1. The number of phosphoric ester groups is 1. The van der Waals surface area contributed by atoms with Gasteiger partial charge in [0.25, 0.3) is 5.56 Å². The highest BCUT2D eigenvalue weighted by Crippen LogP contribution is 2.53. The van der Waals surface area contributed by atoms with Crippen LogP contribution in [0.15, 0.2) is 36.2 Å². The number of hydrogen-bond donors (Lipinski definition) is 5. The van der Waals surface area contributed by atoms with E-state index in [1.165, 1.54) is 40.3 Å². The van der Waals surface area contributed by atoms with Crippen molar-refractivity contribution in [3.63, 3.8) is 0 Å². The second kappa shape index (κ2) is 12.0. The second-order valence-electron chi connectivity index (χ2n) is 11.4. The van der Waals surface area contributed by atoms with Crippen molar-refractivity contribution >= 4 is 60.8 Å². The standard InChI is InChI=1S/C24H29FN10O9P2S/c1-11-16(25)15(44-23(11)35-10-31-18-21(35)32-24-27-2-3-33(24)22(18)36)7-42-45(37,38)41-6-13-12(5-43-46(39,40)47)4-14(13)34-9-30-17-19(26)28-8-29-20(17)34/h2-3,8-16,23H,4-7H2,1H3,(H,27,32)(H,37,38)(H2,26,28,29)(H2,39,40,47)/t11-,12-,13-,14-,15-,16+,23-/m1/s1. The van der Waals surface area contributed by atoms with E-state index in [1.807, 2.05) is 0 Å². The monoisotopic (exact) mass is 714 g/mol. The van der Waals surface area contributed by atoms with E-state index >= 15 is 4.39 Å². The van der Waals surface area contributed by atoms with E-state index in [-0.39, 0.29) is 47.9 Å². The maximum Gasteiger partial charge on any atom is 0.472 e. The van der Waals surface area contributed by atoms with Crippen molar-refractivity contribution in [3.05, 3.63) is 41.7 Å². The van der Waals surface area contributed by atoms with Crippen LogP contribution in [0.5, 0.6) is 0 Å². The highest BCUT2D eigenvalue weighted by atomic mass is 32.7. The number of thiol groups is 1. The Bertz CT molecular complexity index is 2120. The van der Waals surface area contributed by atoms with Gasteiger partial charge >= 0.3 is 14.6 Å². The van der Waals surface area contributed by atoms with Crippen molar-refractivity contribution in [2.75, 3.05) is 25.6 Å². The first-order chi connectivity index (χ1) is 22.3. The normalized spacial score (nSPS) is 28.9. The van der Waals surface area contributed by atoms with Crippen LogP contribution in [-0.2, 0) is 27.4 Å². The van der Waals surface area contributed by atoms with Gasteiger partial charge in [-0.05, 0) is 12.3 Å². The number of anilines is 1. The number of H-pyrrole nitrogens is 1. The molecule has 0 radical (unpaired) electrons. The van der Waals surface area contributed by atoms with Crippen molar-refractivity contribution in [2.24, 2.45) is 17.8 Å². The minimum atomic E-state index is -4.76. The first-order valence-electron chi connectivity index (χ1n) is 14.3. The maximum absolute atomic E-state index is 15.4. The van der Waals surface area contributed by atoms with Gasteiger partial charge < -0.3 is 34.3 Å². The fraction of sp³-hybridized carbons (Fsp3) is 0.500. The van der Waals surface area contributed by atoms with Crippen LogP contribution in [0.2, 0.25) is 0 Å². The SMILES string of the molecule is C[C@@H]1[C@H](F)[C@@H](COP(=O)(O)OC[C@@H]2[C@@H](COP(=O)(O)S)C[C@H]2n2cnc3c(N)ncnc32)O[C@H]1n1cnc2c(=O)n3ccnc3[nH]c21. The summed E-state index contributed by atoms with van der Waals surface area (Å²) in [6, 6.07) is -0.365. The number of aromatic nitrogens is 9. The summed E-state index contributed by atoms with van der Waals surface area (Å²) in [5.41, 5.74) is 6.66. The van der Waals surface area contributed by atoms with E-state index in [0.29, 0.717) is 17.6 Å². The molecule has 2 unspecified atom stereocenters. The Morgan fingerprint density at radius 2 is 1.83 bits per heavy atom. The summed E-state index contributed by atoms with van der Waals surface area (Å²) in [5, 5.41) is 0. The van der Waals surface area contributed by atoms with Gasteiger partial charge in [-0.25, -0.2) is 42.8 Å². The molecule has 0 spiro atoms. The molecule has 47 heavy (non-hydrogen) atoms. The molecule has 1 saturated carbocycles. The van der Waals surface area contributed by atoms with E-state index in [2.05, 4.69) is 42.2 Å². The summed E-state index contributed by atoms with van der Waals surface area (Å²) in [4.78, 5) is 56.5. The van der Waals surface area contributed by atoms with Crippen molar-refractivity contribution in [1.29, 1.82) is 0 Å². The largest absolute Gasteiger partial charge is 0.472 e. The molecule has 0 aromatic carbocycles. The maximum atomic E-state index is 15.4. The molecule has 6 heterocycles. The number of rotatable bonds is 11. The summed E-state index contributed by atoms with van der Waals surface area (Å²) in [7, 11) is -4.76. The highest BCUT2D eigenvalue weighted by molar-refractivity contribution is 8.44. The molecule has 5 N–H and O–H groups in total. The van der Waals surface area contributed by atoms with Crippen molar-refractivity contribution in [1.82, 2.24) is 43.4 Å². The molecule has 2 aliphatic rings. The Balaban J connectivity index is 1.03. The van der Waals surface area contributed by atoms with Gasteiger partial charge in [-0.15, -0.1) is 0 Å². The quantitative estimate of drug-likeness (QED) is 0.0970. The highest BCUT2D eigenvalue weighted by Gasteiger charge is 2.47. The Labute approximate surface area is 268 Å². The Kier molecular flexibility index (Phi) is 8.25. The average Bonchev–Trinajstić information content (AvgIpc) is 3.79. The molecule has 0 bridgehead atoms. The fourth-order valence-electron chi connectivity index (χ4n) is 6.17. The van der Waals surface area contributed by atoms with Gasteiger partial charge in [-0.2, -0.15) is 0 Å². The second-order valence-corrected chi connectivity index (χ2v) is 15.6. The molecule has 0 amide bonds. The molecule has 5 aromatic rings. The lowest BCUT2D eigenvalue weighted by Gasteiger charge is -2.45. The number of halogens is 1. The third-order valence-corrected chi connectivity index (χ3v) is 10.4. The summed E-state index contributed by atoms with van der Waals surface area (Å²) < 4.78 is 65.9. The number of nitrogens with zero attached hydrogens (tertiary/aromatic N) is 8. The number of nitrogens with one attached hydrogen (secondary N) is 1. The van der Waals surface area contributed by atoms with Crippen LogP contribution in [0.3, 0.4) is 0 Å². The first kappa shape index (κ1) is 32.3. The van der Waals surface area contributed by atoms with Crippen molar-refractivity contribution in [2.45, 2.75) is 37.9 Å².